The summed E-state index contributed by atoms with van der Waals surface area (Å²) < 4.78 is 2.16. The molecule has 1 atom stereocenters. The van der Waals surface area contributed by atoms with Crippen LogP contribution in [0.5, 0.6) is 0 Å². The molecule has 3 aliphatic rings. The molecule has 2 aliphatic carbocycles. The van der Waals surface area contributed by atoms with Gasteiger partial charge in [0.25, 0.3) is 0 Å². The number of amides is 1. The van der Waals surface area contributed by atoms with Gasteiger partial charge in [0, 0.05) is 23.9 Å². The standard InChI is InChI=1S/C19H30N4O.ClH/c1-12-18-16(13-7-9-14(20)10-8-13)11-17(24)21-19(18)23(22-12)15-5-3-2-4-6-15;/h13-16H,2-11,20H2,1H3,(H,21,24);1H. The summed E-state index contributed by atoms with van der Waals surface area (Å²) in [6.07, 6.45) is 11.3. The lowest BCUT2D eigenvalue weighted by atomic mass is 9.73. The van der Waals surface area contributed by atoms with Gasteiger partial charge >= 0.3 is 0 Å². The molecule has 6 heteroatoms. The van der Waals surface area contributed by atoms with Gasteiger partial charge < -0.3 is 11.1 Å². The van der Waals surface area contributed by atoms with E-state index in [0.29, 0.717) is 30.3 Å². The number of rotatable bonds is 2. The van der Waals surface area contributed by atoms with Crippen molar-refractivity contribution in [2.24, 2.45) is 11.7 Å². The second-order valence-corrected chi connectivity index (χ2v) is 8.12. The number of nitrogens with zero attached hydrogens (tertiary/aromatic N) is 2. The van der Waals surface area contributed by atoms with Gasteiger partial charge in [0.05, 0.1) is 11.7 Å². The largest absolute Gasteiger partial charge is 0.328 e. The molecule has 140 valence electrons. The highest BCUT2D eigenvalue weighted by atomic mass is 35.5. The van der Waals surface area contributed by atoms with Gasteiger partial charge in [-0.05, 0) is 51.4 Å². The Kier molecular flexibility index (Phi) is 5.74. The van der Waals surface area contributed by atoms with Crippen LogP contribution in [0.4, 0.5) is 5.82 Å². The van der Waals surface area contributed by atoms with Crippen LogP contribution in [-0.4, -0.2) is 21.7 Å². The van der Waals surface area contributed by atoms with Crippen LogP contribution in [0.1, 0.15) is 87.4 Å². The second-order valence-electron chi connectivity index (χ2n) is 8.12. The number of carbonyl (C=O) groups is 1. The van der Waals surface area contributed by atoms with Crippen molar-refractivity contribution in [3.05, 3.63) is 11.3 Å². The average Bonchev–Trinajstić information content (AvgIpc) is 2.92. The Hall–Kier alpha value is -1.07. The monoisotopic (exact) mass is 366 g/mol. The van der Waals surface area contributed by atoms with Crippen molar-refractivity contribution < 1.29 is 4.79 Å². The van der Waals surface area contributed by atoms with E-state index in [1.54, 1.807) is 0 Å². The average molecular weight is 367 g/mol. The molecule has 2 saturated carbocycles. The summed E-state index contributed by atoms with van der Waals surface area (Å²) in [5.41, 5.74) is 8.53. The van der Waals surface area contributed by atoms with E-state index in [0.717, 1.165) is 37.2 Å². The van der Waals surface area contributed by atoms with Crippen molar-refractivity contribution in [1.82, 2.24) is 9.78 Å². The molecule has 2 heterocycles. The molecular weight excluding hydrogens is 336 g/mol. The highest BCUT2D eigenvalue weighted by Crippen LogP contribution is 2.46. The Morgan fingerprint density at radius 2 is 1.76 bits per heavy atom. The zero-order valence-corrected chi connectivity index (χ0v) is 16.0. The van der Waals surface area contributed by atoms with Gasteiger partial charge in [0.1, 0.15) is 5.82 Å². The summed E-state index contributed by atoms with van der Waals surface area (Å²) in [5, 5.41) is 8.05. The Bertz CT molecular complexity index is 615. The highest BCUT2D eigenvalue weighted by Gasteiger charge is 2.38. The van der Waals surface area contributed by atoms with Crippen LogP contribution < -0.4 is 11.1 Å². The fourth-order valence-electron chi connectivity index (χ4n) is 5.15. The molecule has 1 aromatic rings. The van der Waals surface area contributed by atoms with Crippen LogP contribution in [0, 0.1) is 12.8 Å². The van der Waals surface area contributed by atoms with Crippen molar-refractivity contribution in [2.75, 3.05) is 5.32 Å². The lowest BCUT2D eigenvalue weighted by Gasteiger charge is -2.35. The second kappa shape index (κ2) is 7.67. The van der Waals surface area contributed by atoms with Gasteiger partial charge in [-0.1, -0.05) is 19.3 Å². The third kappa shape index (κ3) is 3.59. The van der Waals surface area contributed by atoms with Crippen molar-refractivity contribution in [1.29, 1.82) is 0 Å². The van der Waals surface area contributed by atoms with Crippen LogP contribution >= 0.6 is 12.4 Å². The first-order valence-electron chi connectivity index (χ1n) is 9.78. The number of hydrogen-bond donors (Lipinski definition) is 2. The molecular formula is C19H31ClN4O. The first kappa shape index (κ1) is 18.7. The Morgan fingerprint density at radius 1 is 1.08 bits per heavy atom. The number of fused-ring (bicyclic) bond motifs is 1. The van der Waals surface area contributed by atoms with Crippen LogP contribution in [0.25, 0.3) is 0 Å². The van der Waals surface area contributed by atoms with Crippen molar-refractivity contribution >= 4 is 24.1 Å². The number of nitrogens with one attached hydrogen (secondary N) is 1. The SMILES string of the molecule is Cc1nn(C2CCCCC2)c2c1C(C1CCC(N)CC1)CC(=O)N2.Cl. The van der Waals surface area contributed by atoms with Gasteiger partial charge in [0.15, 0.2) is 0 Å². The van der Waals surface area contributed by atoms with E-state index in [1.165, 1.54) is 37.7 Å². The van der Waals surface area contributed by atoms with Gasteiger partial charge in [-0.25, -0.2) is 4.68 Å². The van der Waals surface area contributed by atoms with E-state index in [4.69, 9.17) is 10.8 Å². The molecule has 0 aromatic carbocycles. The van der Waals surface area contributed by atoms with Crippen molar-refractivity contribution in [3.63, 3.8) is 0 Å². The highest BCUT2D eigenvalue weighted by molar-refractivity contribution is 5.94. The number of halogens is 1. The van der Waals surface area contributed by atoms with Crippen LogP contribution in [0.3, 0.4) is 0 Å². The summed E-state index contributed by atoms with van der Waals surface area (Å²) in [6.45, 7) is 2.12. The molecule has 1 unspecified atom stereocenters. The molecule has 5 nitrogen and oxygen atoms in total. The van der Waals surface area contributed by atoms with Crippen molar-refractivity contribution in [2.45, 2.75) is 89.1 Å². The van der Waals surface area contributed by atoms with Crippen LogP contribution in [0.2, 0.25) is 0 Å². The van der Waals surface area contributed by atoms with Crippen molar-refractivity contribution in [3.8, 4) is 0 Å². The molecule has 0 bridgehead atoms. The topological polar surface area (TPSA) is 72.9 Å². The summed E-state index contributed by atoms with van der Waals surface area (Å²) in [6, 6.07) is 0.809. The van der Waals surface area contributed by atoms with E-state index in [-0.39, 0.29) is 18.3 Å². The van der Waals surface area contributed by atoms with E-state index in [2.05, 4.69) is 16.9 Å². The first-order chi connectivity index (χ1) is 11.6. The maximum absolute atomic E-state index is 12.4. The van der Waals surface area contributed by atoms with Gasteiger partial charge in [-0.2, -0.15) is 5.10 Å². The number of anilines is 1. The lowest BCUT2D eigenvalue weighted by Crippen LogP contribution is -2.33. The number of nitrogens with two attached hydrogens (primary N) is 1. The molecule has 0 radical (unpaired) electrons. The number of aryl methyl sites for hydroxylation is 1. The van der Waals surface area contributed by atoms with E-state index < -0.39 is 0 Å². The number of aromatic nitrogens is 2. The molecule has 1 aromatic heterocycles. The maximum Gasteiger partial charge on any atom is 0.226 e. The minimum atomic E-state index is 0. The van der Waals surface area contributed by atoms with Gasteiger partial charge in [-0.3, -0.25) is 4.79 Å². The lowest BCUT2D eigenvalue weighted by molar-refractivity contribution is -0.117. The van der Waals surface area contributed by atoms with Gasteiger partial charge in [-0.15, -0.1) is 12.4 Å². The van der Waals surface area contributed by atoms with E-state index in [9.17, 15) is 4.79 Å². The Balaban J connectivity index is 0.00000182. The van der Waals surface area contributed by atoms with E-state index >= 15 is 0 Å². The van der Waals surface area contributed by atoms with Gasteiger partial charge in [0.2, 0.25) is 5.91 Å². The fourth-order valence-corrected chi connectivity index (χ4v) is 5.15. The Labute approximate surface area is 156 Å². The third-order valence-electron chi connectivity index (χ3n) is 6.47. The zero-order chi connectivity index (χ0) is 16.7. The quantitative estimate of drug-likeness (QED) is 0.828. The third-order valence-corrected chi connectivity index (χ3v) is 6.47. The Morgan fingerprint density at radius 3 is 2.44 bits per heavy atom. The maximum atomic E-state index is 12.4. The smallest absolute Gasteiger partial charge is 0.226 e. The summed E-state index contributed by atoms with van der Waals surface area (Å²) >= 11 is 0. The van der Waals surface area contributed by atoms with E-state index in [1.807, 2.05) is 0 Å². The molecule has 1 amide bonds. The molecule has 4 rings (SSSR count). The molecule has 0 saturated heterocycles. The normalized spacial score (nSPS) is 30.3. The summed E-state index contributed by atoms with van der Waals surface area (Å²) in [7, 11) is 0. The zero-order valence-electron chi connectivity index (χ0n) is 15.2. The predicted molar refractivity (Wildman–Crippen MR) is 102 cm³/mol. The minimum Gasteiger partial charge on any atom is -0.328 e. The fraction of sp³-hybridized carbons (Fsp3) is 0.789. The minimum absolute atomic E-state index is 0. The number of carbonyl (C=O) groups excluding carboxylic acids is 1. The molecule has 3 N–H and O–H groups in total. The first-order valence-corrected chi connectivity index (χ1v) is 9.78. The molecule has 2 fully saturated rings. The molecule has 0 spiro atoms. The van der Waals surface area contributed by atoms with Crippen LogP contribution in [-0.2, 0) is 4.79 Å². The summed E-state index contributed by atoms with van der Waals surface area (Å²) in [4.78, 5) is 12.4. The predicted octanol–water partition coefficient (Wildman–Crippen LogP) is 4.06. The van der Waals surface area contributed by atoms with Crippen LogP contribution in [0.15, 0.2) is 0 Å². The number of hydrogen-bond acceptors (Lipinski definition) is 3. The summed E-state index contributed by atoms with van der Waals surface area (Å²) in [5.74, 6) is 2.09. The molecule has 1 aliphatic heterocycles. The molecule has 25 heavy (non-hydrogen) atoms.